The second kappa shape index (κ2) is 9.36. The van der Waals surface area contributed by atoms with E-state index in [9.17, 15) is 9.59 Å². The predicted octanol–water partition coefficient (Wildman–Crippen LogP) is 2.12. The lowest BCUT2D eigenvalue weighted by Crippen LogP contribution is -2.42. The van der Waals surface area contributed by atoms with Crippen molar-refractivity contribution in [3.8, 4) is 0 Å². The fraction of sp³-hybridized carbons (Fsp3) is 0.571. The average Bonchev–Trinajstić information content (AvgIpc) is 2.75. The van der Waals surface area contributed by atoms with Gasteiger partial charge in [-0.15, -0.1) is 0 Å². The van der Waals surface area contributed by atoms with Crippen molar-refractivity contribution in [1.29, 1.82) is 0 Å². The third-order valence-electron chi connectivity index (χ3n) is 6.02. The average molecular weight is 463 g/mol. The van der Waals surface area contributed by atoms with Crippen LogP contribution in [0, 0.1) is 5.92 Å². The third-order valence-corrected chi connectivity index (χ3v) is 6.51. The van der Waals surface area contributed by atoms with Gasteiger partial charge in [-0.25, -0.2) is 4.98 Å². The van der Waals surface area contributed by atoms with E-state index in [0.717, 1.165) is 63.3 Å². The molecule has 1 aromatic heterocycles. The van der Waals surface area contributed by atoms with Gasteiger partial charge in [0.1, 0.15) is 6.54 Å². The van der Waals surface area contributed by atoms with Gasteiger partial charge in [-0.1, -0.05) is 15.9 Å². The summed E-state index contributed by atoms with van der Waals surface area (Å²) in [6.07, 6.45) is 4.73. The molecule has 2 aromatic rings. The first-order valence-corrected chi connectivity index (χ1v) is 11.1. The molecule has 0 bridgehead atoms. The second-order valence-electron chi connectivity index (χ2n) is 7.91. The Morgan fingerprint density at radius 1 is 1.17 bits per heavy atom. The fourth-order valence-electron chi connectivity index (χ4n) is 4.15. The number of aromatic nitrogens is 2. The minimum Gasteiger partial charge on any atom is -0.379 e. The zero-order valence-electron chi connectivity index (χ0n) is 16.6. The van der Waals surface area contributed by atoms with E-state index in [1.807, 2.05) is 11.0 Å². The number of carbonyl (C=O) groups excluding carboxylic acids is 1. The van der Waals surface area contributed by atoms with Gasteiger partial charge < -0.3 is 9.64 Å². The Labute approximate surface area is 178 Å². The Balaban J connectivity index is 1.30. The van der Waals surface area contributed by atoms with E-state index in [1.54, 1.807) is 12.1 Å². The zero-order chi connectivity index (χ0) is 20.2. The lowest BCUT2D eigenvalue weighted by atomic mass is 9.93. The monoisotopic (exact) mass is 462 g/mol. The molecule has 0 spiro atoms. The topological polar surface area (TPSA) is 67.7 Å². The van der Waals surface area contributed by atoms with Crippen molar-refractivity contribution in [1.82, 2.24) is 19.4 Å². The quantitative estimate of drug-likeness (QED) is 0.680. The Bertz CT molecular complexity index is 918. The summed E-state index contributed by atoms with van der Waals surface area (Å²) in [6.45, 7) is 6.45. The van der Waals surface area contributed by atoms with Crippen LogP contribution in [0.5, 0.6) is 0 Å². The van der Waals surface area contributed by atoms with Crippen LogP contribution in [0.25, 0.3) is 10.9 Å². The van der Waals surface area contributed by atoms with Crippen molar-refractivity contribution < 1.29 is 9.53 Å². The smallest absolute Gasteiger partial charge is 0.261 e. The number of hydrogen-bond acceptors (Lipinski definition) is 5. The molecule has 2 fully saturated rings. The van der Waals surface area contributed by atoms with Gasteiger partial charge in [-0.05, 0) is 49.9 Å². The number of halogens is 1. The maximum atomic E-state index is 12.7. The van der Waals surface area contributed by atoms with Crippen molar-refractivity contribution in [3.05, 3.63) is 39.4 Å². The first kappa shape index (κ1) is 20.5. The molecule has 2 aliphatic heterocycles. The normalized spacial score (nSPS) is 19.0. The largest absolute Gasteiger partial charge is 0.379 e. The van der Waals surface area contributed by atoms with Crippen LogP contribution >= 0.6 is 15.9 Å². The van der Waals surface area contributed by atoms with E-state index in [0.29, 0.717) is 16.8 Å². The number of benzene rings is 1. The number of fused-ring (bicyclic) bond motifs is 1. The Morgan fingerprint density at radius 2 is 1.93 bits per heavy atom. The highest BCUT2D eigenvalue weighted by Gasteiger charge is 2.24. The summed E-state index contributed by atoms with van der Waals surface area (Å²) >= 11 is 3.39. The predicted molar refractivity (Wildman–Crippen MR) is 115 cm³/mol. The van der Waals surface area contributed by atoms with Crippen molar-refractivity contribution in [2.24, 2.45) is 5.92 Å². The molecule has 0 unspecified atom stereocenters. The van der Waals surface area contributed by atoms with Crippen LogP contribution < -0.4 is 5.56 Å². The first-order chi connectivity index (χ1) is 14.1. The van der Waals surface area contributed by atoms with Crippen LogP contribution in [0.4, 0.5) is 0 Å². The summed E-state index contributed by atoms with van der Waals surface area (Å²) in [4.78, 5) is 34.1. The summed E-state index contributed by atoms with van der Waals surface area (Å²) in [5, 5.41) is 0.525. The number of carbonyl (C=O) groups is 1. The van der Waals surface area contributed by atoms with Crippen molar-refractivity contribution in [2.45, 2.75) is 25.8 Å². The summed E-state index contributed by atoms with van der Waals surface area (Å²) in [6, 6.07) is 5.41. The highest BCUT2D eigenvalue weighted by Crippen LogP contribution is 2.21. The lowest BCUT2D eigenvalue weighted by Gasteiger charge is -2.34. The van der Waals surface area contributed by atoms with Crippen molar-refractivity contribution >= 4 is 32.7 Å². The van der Waals surface area contributed by atoms with E-state index in [1.165, 1.54) is 17.3 Å². The SMILES string of the molecule is O=C(Cn1cnc2ccc(Br)cc2c1=O)N1CCC(CCN2CCOCC2)CC1. The van der Waals surface area contributed by atoms with E-state index in [-0.39, 0.29) is 18.0 Å². The number of ether oxygens (including phenoxy) is 1. The molecule has 4 rings (SSSR count). The number of morpholine rings is 1. The molecule has 156 valence electrons. The van der Waals surface area contributed by atoms with E-state index < -0.39 is 0 Å². The summed E-state index contributed by atoms with van der Waals surface area (Å²) in [5.41, 5.74) is 0.466. The van der Waals surface area contributed by atoms with Crippen LogP contribution in [-0.2, 0) is 16.1 Å². The number of rotatable bonds is 5. The number of nitrogens with zero attached hydrogens (tertiary/aromatic N) is 4. The van der Waals surface area contributed by atoms with Crippen molar-refractivity contribution in [2.75, 3.05) is 45.9 Å². The van der Waals surface area contributed by atoms with Gasteiger partial charge in [0.05, 0.1) is 30.4 Å². The molecule has 0 radical (unpaired) electrons. The molecule has 1 amide bonds. The Kier molecular flexibility index (Phi) is 6.62. The van der Waals surface area contributed by atoms with Gasteiger partial charge in [-0.3, -0.25) is 19.1 Å². The molecule has 0 N–H and O–H groups in total. The number of amides is 1. The van der Waals surface area contributed by atoms with Gasteiger partial charge in [0.2, 0.25) is 5.91 Å². The van der Waals surface area contributed by atoms with E-state index in [2.05, 4.69) is 25.8 Å². The molecule has 7 nitrogen and oxygen atoms in total. The van der Waals surface area contributed by atoms with Crippen LogP contribution in [0.15, 0.2) is 33.8 Å². The molecule has 29 heavy (non-hydrogen) atoms. The molecule has 1 aromatic carbocycles. The van der Waals surface area contributed by atoms with Gasteiger partial charge in [-0.2, -0.15) is 0 Å². The molecule has 0 atom stereocenters. The number of hydrogen-bond donors (Lipinski definition) is 0. The van der Waals surface area contributed by atoms with Crippen molar-refractivity contribution in [3.63, 3.8) is 0 Å². The van der Waals surface area contributed by atoms with Crippen LogP contribution in [-0.4, -0.2) is 71.2 Å². The summed E-state index contributed by atoms with van der Waals surface area (Å²) in [7, 11) is 0. The minimum absolute atomic E-state index is 0.00474. The second-order valence-corrected chi connectivity index (χ2v) is 8.82. The highest BCUT2D eigenvalue weighted by molar-refractivity contribution is 9.10. The molecule has 2 aliphatic rings. The maximum absolute atomic E-state index is 12.7. The fourth-order valence-corrected chi connectivity index (χ4v) is 4.51. The van der Waals surface area contributed by atoms with Crippen LogP contribution in [0.2, 0.25) is 0 Å². The Morgan fingerprint density at radius 3 is 2.69 bits per heavy atom. The Hall–Kier alpha value is -1.77. The lowest BCUT2D eigenvalue weighted by molar-refractivity contribution is -0.133. The first-order valence-electron chi connectivity index (χ1n) is 10.3. The van der Waals surface area contributed by atoms with Gasteiger partial charge >= 0.3 is 0 Å². The number of likely N-dealkylation sites (tertiary alicyclic amines) is 1. The molecule has 3 heterocycles. The van der Waals surface area contributed by atoms with Gasteiger partial charge in [0, 0.05) is 30.7 Å². The number of piperidine rings is 1. The highest BCUT2D eigenvalue weighted by atomic mass is 79.9. The van der Waals surface area contributed by atoms with Crippen LogP contribution in [0.1, 0.15) is 19.3 Å². The molecular weight excluding hydrogens is 436 g/mol. The summed E-state index contributed by atoms with van der Waals surface area (Å²) < 4.78 is 7.65. The third kappa shape index (κ3) is 5.05. The summed E-state index contributed by atoms with van der Waals surface area (Å²) in [5.74, 6) is 0.666. The minimum atomic E-state index is -0.176. The van der Waals surface area contributed by atoms with E-state index >= 15 is 0 Å². The standard InChI is InChI=1S/C21H27BrN4O3/c22-17-1-2-19-18(13-17)21(28)26(15-23-19)14-20(27)25-7-4-16(5-8-25)3-6-24-9-11-29-12-10-24/h1-2,13,15-16H,3-12,14H2. The van der Waals surface area contributed by atoms with E-state index in [4.69, 9.17) is 4.74 Å². The maximum Gasteiger partial charge on any atom is 0.261 e. The van der Waals surface area contributed by atoms with Crippen LogP contribution in [0.3, 0.4) is 0 Å². The molecule has 0 aliphatic carbocycles. The molecule has 2 saturated heterocycles. The molecular formula is C21H27BrN4O3. The van der Waals surface area contributed by atoms with Gasteiger partial charge in [0.25, 0.3) is 5.56 Å². The van der Waals surface area contributed by atoms with Gasteiger partial charge in [0.15, 0.2) is 0 Å². The zero-order valence-corrected chi connectivity index (χ0v) is 18.1. The molecule has 0 saturated carbocycles. The molecule has 8 heteroatoms.